The monoisotopic (exact) mass is 382 g/mol. The average molecular weight is 383 g/mol. The summed E-state index contributed by atoms with van der Waals surface area (Å²) in [5.41, 5.74) is 3.79. The van der Waals surface area contributed by atoms with Gasteiger partial charge in [0, 0.05) is 42.8 Å². The minimum absolute atomic E-state index is 0.0908. The largest absolute Gasteiger partial charge is 0.353 e. The van der Waals surface area contributed by atoms with Crippen LogP contribution in [-0.4, -0.2) is 48.6 Å². The molecule has 1 aromatic heterocycles. The minimum Gasteiger partial charge on any atom is -0.353 e. The Balaban J connectivity index is 1.95. The van der Waals surface area contributed by atoms with E-state index in [1.807, 2.05) is 20.2 Å². The molecule has 2 N–H and O–H groups in total. The molecule has 0 radical (unpaired) electrons. The number of hydrogen-bond acceptors (Lipinski definition) is 3. The number of nitrogens with zero attached hydrogens (tertiary/aromatic N) is 2. The summed E-state index contributed by atoms with van der Waals surface area (Å²) in [5.74, 6) is 0.634. The van der Waals surface area contributed by atoms with Crippen LogP contribution >= 0.6 is 0 Å². The fourth-order valence-electron chi connectivity index (χ4n) is 4.18. The fourth-order valence-corrected chi connectivity index (χ4v) is 4.18. The number of rotatable bonds is 8. The predicted octanol–water partition coefficient (Wildman–Crippen LogP) is 3.11. The Labute approximate surface area is 168 Å². The Bertz CT molecular complexity index is 836. The predicted molar refractivity (Wildman–Crippen MR) is 117 cm³/mol. The lowest BCUT2D eigenvalue weighted by atomic mass is 9.94. The molecule has 1 aliphatic heterocycles. The molecule has 5 nitrogen and oxygen atoms in total. The summed E-state index contributed by atoms with van der Waals surface area (Å²) in [5, 5.41) is 8.10. The molecule has 152 valence electrons. The molecule has 0 saturated heterocycles. The molecule has 3 rings (SSSR count). The summed E-state index contributed by atoms with van der Waals surface area (Å²) in [6.45, 7) is 10.7. The Morgan fingerprint density at radius 2 is 2.21 bits per heavy atom. The van der Waals surface area contributed by atoms with Crippen molar-refractivity contribution >= 4 is 16.8 Å². The van der Waals surface area contributed by atoms with Gasteiger partial charge >= 0.3 is 0 Å². The first-order chi connectivity index (χ1) is 13.4. The summed E-state index contributed by atoms with van der Waals surface area (Å²) >= 11 is 0. The highest BCUT2D eigenvalue weighted by atomic mass is 16.2. The van der Waals surface area contributed by atoms with Gasteiger partial charge in [-0.25, -0.2) is 0 Å². The molecule has 0 bridgehead atoms. The van der Waals surface area contributed by atoms with E-state index in [-0.39, 0.29) is 18.0 Å². The van der Waals surface area contributed by atoms with Crippen molar-refractivity contribution in [2.45, 2.75) is 45.3 Å². The zero-order chi connectivity index (χ0) is 20.3. The van der Waals surface area contributed by atoms with E-state index in [0.717, 1.165) is 19.5 Å². The third-order valence-electron chi connectivity index (χ3n) is 5.43. The highest BCUT2D eigenvalue weighted by Crippen LogP contribution is 2.35. The molecule has 1 aliphatic rings. The Morgan fingerprint density at radius 3 is 2.89 bits per heavy atom. The maximum absolute atomic E-state index is 13.0. The lowest BCUT2D eigenvalue weighted by Gasteiger charge is -2.25. The lowest BCUT2D eigenvalue weighted by molar-refractivity contribution is -0.123. The van der Waals surface area contributed by atoms with Gasteiger partial charge in [-0.1, -0.05) is 32.1 Å². The topological polar surface area (TPSA) is 49.3 Å². The standard InChI is InChI=1S/C23H34N4O/c1-6-11-27-15-17-14-20(23(28)24-10-12-26(4)5)25-19(13-16(2)3)18-8-7-9-21(27)22(17)18/h6-9,15-16,19-20,25H,1,10-14H2,2-5H3,(H,24,28). The average Bonchev–Trinajstić information content (AvgIpc) is 2.89. The number of carbonyl (C=O) groups is 1. The van der Waals surface area contributed by atoms with Crippen LogP contribution in [-0.2, 0) is 17.8 Å². The van der Waals surface area contributed by atoms with Gasteiger partial charge in [0.05, 0.1) is 6.04 Å². The molecule has 2 unspecified atom stereocenters. The molecule has 2 aromatic rings. The highest BCUT2D eigenvalue weighted by Gasteiger charge is 2.30. The molecule has 2 atom stereocenters. The van der Waals surface area contributed by atoms with Crippen molar-refractivity contribution < 1.29 is 4.79 Å². The van der Waals surface area contributed by atoms with Crippen LogP contribution in [0.3, 0.4) is 0 Å². The van der Waals surface area contributed by atoms with Crippen LogP contribution in [0.4, 0.5) is 0 Å². The molecular weight excluding hydrogens is 348 g/mol. The van der Waals surface area contributed by atoms with Crippen molar-refractivity contribution in [1.29, 1.82) is 0 Å². The molecular formula is C23H34N4O. The number of carbonyl (C=O) groups excluding carboxylic acids is 1. The maximum atomic E-state index is 13.0. The SMILES string of the molecule is C=CCn1cc2c3c(cccc31)C(CC(C)C)NC(C(=O)NCCN(C)C)C2. The second-order valence-corrected chi connectivity index (χ2v) is 8.54. The van der Waals surface area contributed by atoms with Gasteiger partial charge in [0.15, 0.2) is 0 Å². The van der Waals surface area contributed by atoms with Crippen LogP contribution in [0.5, 0.6) is 0 Å². The molecule has 2 heterocycles. The van der Waals surface area contributed by atoms with E-state index in [2.05, 4.69) is 64.9 Å². The number of nitrogens with one attached hydrogen (secondary N) is 2. The van der Waals surface area contributed by atoms with Crippen molar-refractivity contribution in [3.8, 4) is 0 Å². The number of likely N-dealkylation sites (N-methyl/N-ethyl adjacent to an activating group) is 1. The second-order valence-electron chi connectivity index (χ2n) is 8.54. The molecule has 0 saturated carbocycles. The van der Waals surface area contributed by atoms with Crippen molar-refractivity contribution in [3.05, 3.63) is 48.2 Å². The first-order valence-corrected chi connectivity index (χ1v) is 10.3. The van der Waals surface area contributed by atoms with E-state index in [0.29, 0.717) is 18.9 Å². The zero-order valence-electron chi connectivity index (χ0n) is 17.7. The van der Waals surface area contributed by atoms with Crippen molar-refractivity contribution in [3.63, 3.8) is 0 Å². The summed E-state index contributed by atoms with van der Waals surface area (Å²) in [7, 11) is 4.04. The second kappa shape index (κ2) is 8.93. The summed E-state index contributed by atoms with van der Waals surface area (Å²) in [6.07, 6.45) is 5.85. The van der Waals surface area contributed by atoms with Crippen molar-refractivity contribution in [2.24, 2.45) is 5.92 Å². The van der Waals surface area contributed by atoms with Crippen LogP contribution in [0.25, 0.3) is 10.9 Å². The Kier molecular flexibility index (Phi) is 6.57. The highest BCUT2D eigenvalue weighted by molar-refractivity contribution is 5.90. The number of amides is 1. The van der Waals surface area contributed by atoms with Gasteiger partial charge in [-0.05, 0) is 50.0 Å². The van der Waals surface area contributed by atoms with Gasteiger partial charge in [0.2, 0.25) is 5.91 Å². The van der Waals surface area contributed by atoms with Gasteiger partial charge in [-0.3, -0.25) is 10.1 Å². The van der Waals surface area contributed by atoms with E-state index < -0.39 is 0 Å². The fraction of sp³-hybridized carbons (Fsp3) is 0.522. The van der Waals surface area contributed by atoms with Crippen LogP contribution in [0.15, 0.2) is 37.1 Å². The summed E-state index contributed by atoms with van der Waals surface area (Å²) in [6, 6.07) is 6.48. The van der Waals surface area contributed by atoms with Gasteiger partial charge in [-0.2, -0.15) is 0 Å². The quantitative estimate of drug-likeness (QED) is 0.690. The van der Waals surface area contributed by atoms with E-state index >= 15 is 0 Å². The van der Waals surface area contributed by atoms with E-state index in [1.54, 1.807) is 0 Å². The molecule has 28 heavy (non-hydrogen) atoms. The smallest absolute Gasteiger partial charge is 0.237 e. The van der Waals surface area contributed by atoms with Crippen molar-refractivity contribution in [1.82, 2.24) is 20.1 Å². The van der Waals surface area contributed by atoms with Gasteiger partial charge in [0.25, 0.3) is 0 Å². The van der Waals surface area contributed by atoms with E-state index in [1.165, 1.54) is 22.0 Å². The minimum atomic E-state index is -0.221. The number of benzene rings is 1. The third kappa shape index (κ3) is 4.47. The van der Waals surface area contributed by atoms with Crippen molar-refractivity contribution in [2.75, 3.05) is 27.2 Å². The van der Waals surface area contributed by atoms with Gasteiger partial charge < -0.3 is 14.8 Å². The summed E-state index contributed by atoms with van der Waals surface area (Å²) < 4.78 is 2.25. The number of allylic oxidation sites excluding steroid dienone is 1. The molecule has 0 spiro atoms. The summed E-state index contributed by atoms with van der Waals surface area (Å²) in [4.78, 5) is 15.0. The van der Waals surface area contributed by atoms with Crippen LogP contribution < -0.4 is 10.6 Å². The number of aromatic nitrogens is 1. The Morgan fingerprint density at radius 1 is 1.43 bits per heavy atom. The van der Waals surface area contributed by atoms with Gasteiger partial charge in [-0.15, -0.1) is 6.58 Å². The van der Waals surface area contributed by atoms with Crippen LogP contribution in [0.1, 0.15) is 37.4 Å². The van der Waals surface area contributed by atoms with Crippen LogP contribution in [0.2, 0.25) is 0 Å². The molecule has 1 aromatic carbocycles. The lowest BCUT2D eigenvalue weighted by Crippen LogP contribution is -2.47. The number of hydrogen-bond donors (Lipinski definition) is 2. The Hall–Kier alpha value is -2.11. The van der Waals surface area contributed by atoms with E-state index in [9.17, 15) is 4.79 Å². The van der Waals surface area contributed by atoms with E-state index in [4.69, 9.17) is 0 Å². The molecule has 0 fully saturated rings. The molecule has 0 aliphatic carbocycles. The normalized spacial score (nSPS) is 19.2. The third-order valence-corrected chi connectivity index (χ3v) is 5.43. The molecule has 5 heteroatoms. The van der Waals surface area contributed by atoms with Crippen LogP contribution in [0, 0.1) is 5.92 Å². The van der Waals surface area contributed by atoms with Gasteiger partial charge in [0.1, 0.15) is 0 Å². The first-order valence-electron chi connectivity index (χ1n) is 10.3. The first kappa shape index (κ1) is 20.6. The molecule has 1 amide bonds. The zero-order valence-corrected chi connectivity index (χ0v) is 17.7. The maximum Gasteiger partial charge on any atom is 0.237 e.